The predicted molar refractivity (Wildman–Crippen MR) is 126 cm³/mol. The number of primary amides is 1. The fourth-order valence-corrected chi connectivity index (χ4v) is 8.20. The molecule has 0 radical (unpaired) electrons. The monoisotopic (exact) mass is 412 g/mol. The van der Waals surface area contributed by atoms with Crippen molar-refractivity contribution in [2.75, 3.05) is 6.16 Å². The summed E-state index contributed by atoms with van der Waals surface area (Å²) < 4.78 is 0. The number of aromatic hydroxyl groups is 1. The molecule has 4 heteroatoms. The fraction of sp³-hybridized carbons (Fsp3) is 0.0385. The molecule has 1 amide bonds. The van der Waals surface area contributed by atoms with Gasteiger partial charge < -0.3 is 10.8 Å². The number of phenols is 1. The second kappa shape index (κ2) is 8.52. The van der Waals surface area contributed by atoms with E-state index in [9.17, 15) is 9.90 Å². The smallest absolute Gasteiger partial charge is 0.256 e. The van der Waals surface area contributed by atoms with E-state index in [4.69, 9.17) is 5.73 Å². The third kappa shape index (κ3) is 3.60. The van der Waals surface area contributed by atoms with Crippen LogP contribution in [0, 0.1) is 0 Å². The maximum atomic E-state index is 12.5. The normalized spacial score (nSPS) is 11.2. The Balaban J connectivity index is 2.11. The standard InChI is InChI=1S/C26H22NO2P/c27-26(29)19-30(20-11-3-1-4-12-20,21-13-5-2-6-14-21)25-18-10-8-16-23(25)22-15-7-9-17-24(22)28/h1-18H,19H2,(H2-,27,28,29)/p+1. The molecule has 0 heterocycles. The van der Waals surface area contributed by atoms with Gasteiger partial charge in [-0.05, 0) is 36.4 Å². The Morgan fingerprint density at radius 2 is 1.13 bits per heavy atom. The maximum absolute atomic E-state index is 12.5. The second-order valence-corrected chi connectivity index (χ2v) is 10.6. The van der Waals surface area contributed by atoms with Gasteiger partial charge in [0, 0.05) is 11.1 Å². The zero-order valence-electron chi connectivity index (χ0n) is 16.5. The fourth-order valence-electron chi connectivity index (χ4n) is 4.03. The number of benzene rings is 4. The number of amides is 1. The first-order valence-electron chi connectivity index (χ1n) is 9.78. The first-order valence-corrected chi connectivity index (χ1v) is 11.8. The van der Waals surface area contributed by atoms with Crippen molar-refractivity contribution < 1.29 is 9.90 Å². The highest BCUT2D eigenvalue weighted by Crippen LogP contribution is 2.57. The minimum absolute atomic E-state index is 0.211. The van der Waals surface area contributed by atoms with Gasteiger partial charge in [-0.3, -0.25) is 4.79 Å². The number of hydrogen-bond donors (Lipinski definition) is 2. The Bertz CT molecular complexity index is 1120. The van der Waals surface area contributed by atoms with Gasteiger partial charge in [0.1, 0.15) is 28.9 Å². The molecule has 148 valence electrons. The average Bonchev–Trinajstić information content (AvgIpc) is 2.79. The summed E-state index contributed by atoms with van der Waals surface area (Å²) in [4.78, 5) is 12.5. The number of nitrogens with two attached hydrogens (primary N) is 1. The van der Waals surface area contributed by atoms with E-state index in [1.165, 1.54) is 0 Å². The molecule has 0 saturated heterocycles. The lowest BCUT2D eigenvalue weighted by Gasteiger charge is -2.28. The van der Waals surface area contributed by atoms with E-state index in [0.29, 0.717) is 0 Å². The lowest BCUT2D eigenvalue weighted by Crippen LogP contribution is -2.38. The predicted octanol–water partition coefficient (Wildman–Crippen LogP) is 3.84. The lowest BCUT2D eigenvalue weighted by molar-refractivity contribution is -0.115. The molecule has 3 N–H and O–H groups in total. The van der Waals surface area contributed by atoms with Crippen molar-refractivity contribution in [3.05, 3.63) is 109 Å². The number of carbonyl (C=O) groups is 1. The van der Waals surface area contributed by atoms with E-state index < -0.39 is 7.26 Å². The van der Waals surface area contributed by atoms with Gasteiger partial charge in [-0.25, -0.2) is 0 Å². The van der Waals surface area contributed by atoms with Gasteiger partial charge in [-0.1, -0.05) is 72.8 Å². The molecule has 4 aromatic carbocycles. The van der Waals surface area contributed by atoms with Crippen molar-refractivity contribution in [2.45, 2.75) is 0 Å². The van der Waals surface area contributed by atoms with Crippen LogP contribution in [0.1, 0.15) is 0 Å². The molecule has 0 aromatic heterocycles. The minimum atomic E-state index is -2.42. The van der Waals surface area contributed by atoms with Crippen LogP contribution in [-0.4, -0.2) is 17.2 Å². The lowest BCUT2D eigenvalue weighted by atomic mass is 10.0. The first kappa shape index (κ1) is 19.9. The van der Waals surface area contributed by atoms with Crippen molar-refractivity contribution in [2.24, 2.45) is 5.73 Å². The van der Waals surface area contributed by atoms with Crippen molar-refractivity contribution in [3.8, 4) is 16.9 Å². The van der Waals surface area contributed by atoms with Gasteiger partial charge in [0.15, 0.2) is 6.16 Å². The van der Waals surface area contributed by atoms with Crippen LogP contribution in [0.5, 0.6) is 5.75 Å². The van der Waals surface area contributed by atoms with Crippen LogP contribution in [0.25, 0.3) is 11.1 Å². The molecule has 0 bridgehead atoms. The number of carbonyl (C=O) groups excluding carboxylic acids is 1. The van der Waals surface area contributed by atoms with Crippen LogP contribution in [0.2, 0.25) is 0 Å². The molecule has 0 aliphatic heterocycles. The summed E-state index contributed by atoms with van der Waals surface area (Å²) in [5, 5.41) is 13.8. The summed E-state index contributed by atoms with van der Waals surface area (Å²) in [5.74, 6) is -0.133. The van der Waals surface area contributed by atoms with Crippen molar-refractivity contribution in [3.63, 3.8) is 0 Å². The number of hydrogen-bond acceptors (Lipinski definition) is 2. The Morgan fingerprint density at radius 3 is 1.67 bits per heavy atom. The van der Waals surface area contributed by atoms with Gasteiger partial charge in [-0.15, -0.1) is 0 Å². The van der Waals surface area contributed by atoms with E-state index in [0.717, 1.165) is 27.0 Å². The quantitative estimate of drug-likeness (QED) is 0.473. The highest BCUT2D eigenvalue weighted by molar-refractivity contribution is 7.96. The van der Waals surface area contributed by atoms with E-state index in [-0.39, 0.29) is 17.8 Å². The topological polar surface area (TPSA) is 63.3 Å². The van der Waals surface area contributed by atoms with Gasteiger partial charge in [-0.2, -0.15) is 0 Å². The molecular formula is C26H23NO2P+. The van der Waals surface area contributed by atoms with Crippen LogP contribution >= 0.6 is 7.26 Å². The summed E-state index contributed by atoms with van der Waals surface area (Å²) in [7, 11) is -2.42. The van der Waals surface area contributed by atoms with Crippen LogP contribution in [0.3, 0.4) is 0 Å². The highest BCUT2D eigenvalue weighted by atomic mass is 31.2. The summed E-state index contributed by atoms with van der Waals surface area (Å²) in [6.07, 6.45) is 0.214. The molecule has 4 aromatic rings. The first-order chi connectivity index (χ1) is 14.6. The zero-order valence-corrected chi connectivity index (χ0v) is 17.4. The molecule has 0 spiro atoms. The molecule has 0 unspecified atom stereocenters. The largest absolute Gasteiger partial charge is 0.507 e. The van der Waals surface area contributed by atoms with E-state index in [1.807, 2.05) is 72.8 Å². The van der Waals surface area contributed by atoms with Crippen LogP contribution < -0.4 is 21.6 Å². The molecule has 0 aliphatic rings. The van der Waals surface area contributed by atoms with Crippen molar-refractivity contribution in [1.29, 1.82) is 0 Å². The van der Waals surface area contributed by atoms with E-state index in [1.54, 1.807) is 6.07 Å². The van der Waals surface area contributed by atoms with E-state index >= 15 is 0 Å². The molecule has 0 saturated carbocycles. The summed E-state index contributed by atoms with van der Waals surface area (Å²) in [6.45, 7) is 0. The zero-order chi connectivity index (χ0) is 21.0. The number of rotatable bonds is 6. The van der Waals surface area contributed by atoms with E-state index in [2.05, 4.69) is 30.3 Å². The summed E-state index contributed by atoms with van der Waals surface area (Å²) in [6, 6.07) is 35.6. The van der Waals surface area contributed by atoms with Gasteiger partial charge in [0.25, 0.3) is 5.91 Å². The SMILES string of the molecule is NC(=O)C[P+](c1ccccc1)(c1ccccc1)c1ccccc1-c1ccccc1O. The van der Waals surface area contributed by atoms with Crippen molar-refractivity contribution in [1.82, 2.24) is 0 Å². The molecule has 0 fully saturated rings. The molecule has 4 rings (SSSR count). The molecule has 3 nitrogen and oxygen atoms in total. The van der Waals surface area contributed by atoms with Crippen LogP contribution in [0.15, 0.2) is 109 Å². The van der Waals surface area contributed by atoms with Crippen LogP contribution in [0.4, 0.5) is 0 Å². The molecular weight excluding hydrogens is 389 g/mol. The van der Waals surface area contributed by atoms with Crippen molar-refractivity contribution >= 4 is 29.1 Å². The van der Waals surface area contributed by atoms with Gasteiger partial charge in [0.05, 0.1) is 0 Å². The van der Waals surface area contributed by atoms with Gasteiger partial charge in [0.2, 0.25) is 0 Å². The number of para-hydroxylation sites is 1. The van der Waals surface area contributed by atoms with Crippen LogP contribution in [-0.2, 0) is 4.79 Å². The Kier molecular flexibility index (Phi) is 5.65. The molecule has 0 aliphatic carbocycles. The third-order valence-corrected chi connectivity index (χ3v) is 9.65. The Hall–Kier alpha value is -3.42. The molecule has 30 heavy (non-hydrogen) atoms. The Morgan fingerprint density at radius 1 is 0.667 bits per heavy atom. The molecule has 0 atom stereocenters. The van der Waals surface area contributed by atoms with Gasteiger partial charge >= 0.3 is 0 Å². The second-order valence-electron chi connectivity index (χ2n) is 7.14. The average molecular weight is 412 g/mol. The third-order valence-electron chi connectivity index (χ3n) is 5.30. The summed E-state index contributed by atoms with van der Waals surface area (Å²) >= 11 is 0. The Labute approximate surface area is 177 Å². The maximum Gasteiger partial charge on any atom is 0.256 e. The summed E-state index contributed by atoms with van der Waals surface area (Å²) in [5.41, 5.74) is 7.51. The minimum Gasteiger partial charge on any atom is -0.507 e. The number of phenolic OH excluding ortho intramolecular Hbond substituents is 1. The highest BCUT2D eigenvalue weighted by Gasteiger charge is 2.48.